The van der Waals surface area contributed by atoms with Crippen molar-refractivity contribution in [2.24, 2.45) is 0 Å². The van der Waals surface area contributed by atoms with Gasteiger partial charge in [0.2, 0.25) is 5.91 Å². The predicted molar refractivity (Wildman–Crippen MR) is 108 cm³/mol. The van der Waals surface area contributed by atoms with E-state index in [1.165, 1.54) is 12.1 Å². The van der Waals surface area contributed by atoms with E-state index in [4.69, 9.17) is 4.74 Å². The van der Waals surface area contributed by atoms with Crippen LogP contribution in [-0.2, 0) is 16.1 Å². The van der Waals surface area contributed by atoms with Crippen LogP contribution in [0.5, 0.6) is 0 Å². The van der Waals surface area contributed by atoms with E-state index >= 15 is 0 Å². The first-order valence-corrected chi connectivity index (χ1v) is 10.1. The maximum atomic E-state index is 13.8. The third-order valence-corrected chi connectivity index (χ3v) is 5.92. The van der Waals surface area contributed by atoms with Crippen molar-refractivity contribution in [1.29, 1.82) is 0 Å². The molecule has 1 aliphatic rings. The van der Waals surface area contributed by atoms with Crippen molar-refractivity contribution in [3.63, 3.8) is 0 Å². The molecule has 7 heteroatoms. The fourth-order valence-electron chi connectivity index (χ4n) is 3.50. The molecule has 28 heavy (non-hydrogen) atoms. The van der Waals surface area contributed by atoms with E-state index < -0.39 is 6.04 Å². The second kappa shape index (κ2) is 8.34. The maximum absolute atomic E-state index is 13.8. The largest absolute Gasteiger partial charge is 0.379 e. The van der Waals surface area contributed by atoms with Gasteiger partial charge in [0.1, 0.15) is 16.9 Å². The number of likely N-dealkylation sites (N-methyl/N-ethyl adjacent to an activating group) is 1. The Bertz CT molecular complexity index is 938. The van der Waals surface area contributed by atoms with Gasteiger partial charge in [-0.15, -0.1) is 11.3 Å². The van der Waals surface area contributed by atoms with Gasteiger partial charge in [-0.2, -0.15) is 0 Å². The minimum absolute atomic E-state index is 0.0632. The highest BCUT2D eigenvalue weighted by atomic mass is 32.1. The second-order valence-electron chi connectivity index (χ2n) is 6.88. The van der Waals surface area contributed by atoms with Crippen molar-refractivity contribution in [2.75, 3.05) is 33.4 Å². The molecular formula is C21H22FN3O2S. The Morgan fingerprint density at radius 2 is 2.04 bits per heavy atom. The Balaban J connectivity index is 1.58. The quantitative estimate of drug-likeness (QED) is 0.659. The van der Waals surface area contributed by atoms with Gasteiger partial charge in [0.25, 0.3) is 0 Å². The molecule has 146 valence electrons. The highest BCUT2D eigenvalue weighted by molar-refractivity contribution is 7.18. The van der Waals surface area contributed by atoms with E-state index in [1.807, 2.05) is 30.3 Å². The smallest absolute Gasteiger partial charge is 0.244 e. The van der Waals surface area contributed by atoms with Crippen LogP contribution in [0.3, 0.4) is 0 Å². The molecular weight excluding hydrogens is 377 g/mol. The molecule has 2 heterocycles. The van der Waals surface area contributed by atoms with Gasteiger partial charge in [-0.3, -0.25) is 9.69 Å². The second-order valence-corrected chi connectivity index (χ2v) is 7.99. The van der Waals surface area contributed by atoms with Crippen molar-refractivity contribution < 1.29 is 13.9 Å². The fraction of sp³-hybridized carbons (Fsp3) is 0.333. The fourth-order valence-corrected chi connectivity index (χ4v) is 4.52. The molecule has 0 radical (unpaired) electrons. The molecule has 0 unspecified atom stereocenters. The van der Waals surface area contributed by atoms with Gasteiger partial charge < -0.3 is 9.64 Å². The summed E-state index contributed by atoms with van der Waals surface area (Å²) in [5, 5.41) is 0.886. The molecule has 2 aromatic carbocycles. The molecule has 1 saturated heterocycles. The summed E-state index contributed by atoms with van der Waals surface area (Å²) in [6, 6.07) is 13.7. The summed E-state index contributed by atoms with van der Waals surface area (Å²) in [5.41, 5.74) is 1.61. The van der Waals surface area contributed by atoms with Crippen LogP contribution in [0.15, 0.2) is 48.5 Å². The molecule has 1 fully saturated rings. The topological polar surface area (TPSA) is 45.7 Å². The Kier molecular flexibility index (Phi) is 5.66. The molecule has 5 nitrogen and oxygen atoms in total. The lowest BCUT2D eigenvalue weighted by molar-refractivity contribution is -0.138. The number of benzene rings is 2. The predicted octanol–water partition coefficient (Wildman–Crippen LogP) is 3.47. The molecule has 4 rings (SSSR count). The monoisotopic (exact) mass is 399 g/mol. The summed E-state index contributed by atoms with van der Waals surface area (Å²) < 4.78 is 20.4. The number of para-hydroxylation sites is 1. The average molecular weight is 399 g/mol. The van der Waals surface area contributed by atoms with E-state index in [9.17, 15) is 9.18 Å². The lowest BCUT2D eigenvalue weighted by Gasteiger charge is -2.35. The Morgan fingerprint density at radius 1 is 1.25 bits per heavy atom. The number of carbonyl (C=O) groups excluding carboxylic acids is 1. The molecule has 3 aromatic rings. The summed E-state index contributed by atoms with van der Waals surface area (Å²) >= 11 is 1.59. The van der Waals surface area contributed by atoms with Crippen LogP contribution in [0, 0.1) is 5.82 Å². The molecule has 0 spiro atoms. The van der Waals surface area contributed by atoms with Gasteiger partial charge in [-0.05, 0) is 29.8 Å². The third-order valence-electron chi connectivity index (χ3n) is 4.90. The molecule has 0 N–H and O–H groups in total. The first-order chi connectivity index (χ1) is 13.6. The van der Waals surface area contributed by atoms with Crippen LogP contribution in [0.25, 0.3) is 10.2 Å². The Hall–Kier alpha value is -2.35. The molecule has 0 aliphatic carbocycles. The molecule has 1 aliphatic heterocycles. The Morgan fingerprint density at radius 3 is 2.79 bits per heavy atom. The maximum Gasteiger partial charge on any atom is 0.244 e. The summed E-state index contributed by atoms with van der Waals surface area (Å²) in [5.74, 6) is -0.399. The van der Waals surface area contributed by atoms with Crippen LogP contribution in [-0.4, -0.2) is 54.0 Å². The zero-order chi connectivity index (χ0) is 19.5. The highest BCUT2D eigenvalue weighted by Crippen LogP contribution is 2.27. The molecule has 1 aromatic heterocycles. The summed E-state index contributed by atoms with van der Waals surface area (Å²) in [6.45, 7) is 2.85. The lowest BCUT2D eigenvalue weighted by Crippen LogP contribution is -2.46. The van der Waals surface area contributed by atoms with Gasteiger partial charge in [0.15, 0.2) is 0 Å². The van der Waals surface area contributed by atoms with E-state index in [0.29, 0.717) is 38.4 Å². The average Bonchev–Trinajstić information content (AvgIpc) is 3.11. The third kappa shape index (κ3) is 4.06. The zero-order valence-corrected chi connectivity index (χ0v) is 16.5. The van der Waals surface area contributed by atoms with Gasteiger partial charge in [-0.25, -0.2) is 9.37 Å². The number of carbonyl (C=O) groups is 1. The molecule has 1 amide bonds. The van der Waals surface area contributed by atoms with Gasteiger partial charge >= 0.3 is 0 Å². The number of rotatable bonds is 5. The zero-order valence-electron chi connectivity index (χ0n) is 15.7. The van der Waals surface area contributed by atoms with Crippen molar-refractivity contribution in [2.45, 2.75) is 12.6 Å². The van der Waals surface area contributed by atoms with Crippen LogP contribution in [0.1, 0.15) is 16.6 Å². The summed E-state index contributed by atoms with van der Waals surface area (Å²) in [7, 11) is 1.78. The lowest BCUT2D eigenvalue weighted by atomic mass is 10.0. The number of amides is 1. The minimum Gasteiger partial charge on any atom is -0.379 e. The van der Waals surface area contributed by atoms with E-state index in [2.05, 4.69) is 9.88 Å². The summed E-state index contributed by atoms with van der Waals surface area (Å²) in [6.07, 6.45) is 0. The van der Waals surface area contributed by atoms with Crippen LogP contribution in [0.4, 0.5) is 4.39 Å². The number of hydrogen-bond acceptors (Lipinski definition) is 5. The summed E-state index contributed by atoms with van der Waals surface area (Å²) in [4.78, 5) is 21.7. The van der Waals surface area contributed by atoms with Crippen LogP contribution in [0.2, 0.25) is 0 Å². The van der Waals surface area contributed by atoms with Gasteiger partial charge in [0.05, 0.1) is 30.0 Å². The number of nitrogens with zero attached hydrogens (tertiary/aromatic N) is 3. The first kappa shape index (κ1) is 19.0. The van der Waals surface area contributed by atoms with Crippen molar-refractivity contribution in [1.82, 2.24) is 14.8 Å². The van der Waals surface area contributed by atoms with Crippen molar-refractivity contribution >= 4 is 27.5 Å². The van der Waals surface area contributed by atoms with E-state index in [1.54, 1.807) is 29.4 Å². The number of hydrogen-bond donors (Lipinski definition) is 0. The van der Waals surface area contributed by atoms with Crippen LogP contribution < -0.4 is 0 Å². The number of aromatic nitrogens is 1. The number of fused-ring (bicyclic) bond motifs is 1. The number of thiazole rings is 1. The minimum atomic E-state index is -0.529. The van der Waals surface area contributed by atoms with Crippen LogP contribution >= 0.6 is 11.3 Å². The highest BCUT2D eigenvalue weighted by Gasteiger charge is 2.31. The number of halogens is 1. The molecule has 1 atom stereocenters. The van der Waals surface area contributed by atoms with Crippen molar-refractivity contribution in [3.05, 3.63) is 64.9 Å². The molecule has 0 bridgehead atoms. The number of morpholine rings is 1. The normalized spacial score (nSPS) is 16.2. The number of ether oxygens (including phenoxy) is 1. The first-order valence-electron chi connectivity index (χ1n) is 9.28. The Labute approximate surface area is 167 Å². The van der Waals surface area contributed by atoms with Gasteiger partial charge in [-0.1, -0.05) is 24.3 Å². The van der Waals surface area contributed by atoms with E-state index in [0.717, 1.165) is 15.2 Å². The van der Waals surface area contributed by atoms with Gasteiger partial charge in [0, 0.05) is 20.1 Å². The SMILES string of the molecule is CN(Cc1nc2ccccc2s1)C(=O)[C@H](c1cccc(F)c1)N1CCOCC1. The van der Waals surface area contributed by atoms with E-state index in [-0.39, 0.29) is 11.7 Å². The standard InChI is InChI=1S/C21H22FN3O2S/c1-24(14-19-23-17-7-2-3-8-18(17)28-19)21(26)20(25-9-11-27-12-10-25)15-5-4-6-16(22)13-15/h2-8,13,20H,9-12,14H2,1H3/t20-/m0/s1. The molecule has 0 saturated carbocycles. The van der Waals surface area contributed by atoms with Crippen molar-refractivity contribution in [3.8, 4) is 0 Å².